The van der Waals surface area contributed by atoms with Crippen LogP contribution >= 0.6 is 22.9 Å². The van der Waals surface area contributed by atoms with E-state index in [1.807, 2.05) is 40.6 Å². The molecule has 0 atom stereocenters. The zero-order valence-electron chi connectivity index (χ0n) is 18.5. The number of hydrogen-bond acceptors (Lipinski definition) is 4. The largest absolute Gasteiger partial charge is 0.489 e. The molecule has 0 spiro atoms. The maximum absolute atomic E-state index is 13.3. The molecule has 4 aromatic rings. The van der Waals surface area contributed by atoms with Crippen molar-refractivity contribution in [3.05, 3.63) is 99.0 Å². The van der Waals surface area contributed by atoms with Gasteiger partial charge in [-0.1, -0.05) is 48.0 Å². The third-order valence-corrected chi connectivity index (χ3v) is 7.38. The first-order valence-electron chi connectivity index (χ1n) is 11.2. The molecule has 4 nitrogen and oxygen atoms in total. The molecule has 5 rings (SSSR count). The fourth-order valence-electron chi connectivity index (χ4n) is 4.14. The van der Waals surface area contributed by atoms with Crippen LogP contribution in [0.4, 0.5) is 4.39 Å². The van der Waals surface area contributed by atoms with Crippen LogP contribution in [0.5, 0.6) is 5.75 Å². The van der Waals surface area contributed by atoms with E-state index in [1.165, 1.54) is 28.9 Å². The van der Waals surface area contributed by atoms with Gasteiger partial charge >= 0.3 is 0 Å². The van der Waals surface area contributed by atoms with Crippen molar-refractivity contribution in [2.75, 3.05) is 26.2 Å². The number of thiophene rings is 1. The highest BCUT2D eigenvalue weighted by Crippen LogP contribution is 2.24. The molecule has 0 radical (unpaired) electrons. The minimum Gasteiger partial charge on any atom is -0.489 e. The van der Waals surface area contributed by atoms with E-state index in [9.17, 15) is 9.18 Å². The Morgan fingerprint density at radius 2 is 1.76 bits per heavy atom. The molecule has 0 aliphatic carbocycles. The Morgan fingerprint density at radius 1 is 0.971 bits per heavy atom. The van der Waals surface area contributed by atoms with E-state index in [4.69, 9.17) is 16.3 Å². The first kappa shape index (κ1) is 22.8. The lowest BCUT2D eigenvalue weighted by Gasteiger charge is -2.34. The molecule has 2 heterocycles. The van der Waals surface area contributed by atoms with Crippen LogP contribution in [0.15, 0.2) is 72.1 Å². The fourth-order valence-corrected chi connectivity index (χ4v) is 5.23. The summed E-state index contributed by atoms with van der Waals surface area (Å²) in [5, 5.41) is 4.75. The van der Waals surface area contributed by atoms with Gasteiger partial charge in [0.1, 0.15) is 18.2 Å². The van der Waals surface area contributed by atoms with Gasteiger partial charge in [0.15, 0.2) is 0 Å². The summed E-state index contributed by atoms with van der Waals surface area (Å²) < 4.78 is 19.2. The van der Waals surface area contributed by atoms with Gasteiger partial charge in [-0.05, 0) is 52.0 Å². The van der Waals surface area contributed by atoms with Crippen molar-refractivity contribution in [2.24, 2.45) is 0 Å². The van der Waals surface area contributed by atoms with Crippen molar-refractivity contribution in [1.29, 1.82) is 0 Å². The molecule has 0 unspecified atom stereocenters. The number of ether oxygens (including phenoxy) is 1. The number of amides is 1. The molecule has 0 bridgehead atoms. The molecule has 1 fully saturated rings. The number of rotatable bonds is 6. The van der Waals surface area contributed by atoms with Crippen LogP contribution in [0.1, 0.15) is 20.8 Å². The molecule has 1 amide bonds. The molecule has 3 aromatic carbocycles. The molecule has 1 saturated heterocycles. The topological polar surface area (TPSA) is 32.8 Å². The zero-order chi connectivity index (χ0) is 23.5. The monoisotopic (exact) mass is 494 g/mol. The van der Waals surface area contributed by atoms with E-state index < -0.39 is 0 Å². The lowest BCUT2D eigenvalue weighted by molar-refractivity contribution is 0.0633. The maximum Gasteiger partial charge on any atom is 0.264 e. The second-order valence-corrected chi connectivity index (χ2v) is 9.74. The van der Waals surface area contributed by atoms with Gasteiger partial charge in [0.25, 0.3) is 5.91 Å². The highest BCUT2D eigenvalue weighted by atomic mass is 35.5. The molecule has 174 valence electrons. The van der Waals surface area contributed by atoms with Crippen molar-refractivity contribution in [1.82, 2.24) is 9.80 Å². The Bertz CT molecular complexity index is 1320. The number of carbonyl (C=O) groups is 1. The van der Waals surface area contributed by atoms with Crippen LogP contribution in [0, 0.1) is 5.82 Å². The summed E-state index contributed by atoms with van der Waals surface area (Å²) in [6.45, 7) is 3.88. The fraction of sp³-hybridized carbons (Fsp3) is 0.222. The third kappa shape index (κ3) is 5.25. The lowest BCUT2D eigenvalue weighted by Crippen LogP contribution is -2.48. The average Bonchev–Trinajstić information content (AvgIpc) is 3.33. The van der Waals surface area contributed by atoms with Crippen molar-refractivity contribution in [3.63, 3.8) is 0 Å². The van der Waals surface area contributed by atoms with Crippen molar-refractivity contribution in [3.8, 4) is 5.75 Å². The zero-order valence-corrected chi connectivity index (χ0v) is 20.1. The van der Waals surface area contributed by atoms with Gasteiger partial charge in [-0.2, -0.15) is 0 Å². The normalized spacial score (nSPS) is 14.5. The summed E-state index contributed by atoms with van der Waals surface area (Å²) in [5.74, 6) is 0.540. The van der Waals surface area contributed by atoms with Crippen molar-refractivity contribution < 1.29 is 13.9 Å². The molecule has 7 heteroatoms. The molecule has 34 heavy (non-hydrogen) atoms. The number of carbonyl (C=O) groups excluding carboxylic acids is 1. The number of nitrogens with zero attached hydrogens (tertiary/aromatic N) is 2. The van der Waals surface area contributed by atoms with Crippen molar-refractivity contribution >= 4 is 39.6 Å². The van der Waals surface area contributed by atoms with E-state index in [1.54, 1.807) is 6.07 Å². The van der Waals surface area contributed by atoms with E-state index in [2.05, 4.69) is 23.1 Å². The van der Waals surface area contributed by atoms with Crippen LogP contribution in [0.2, 0.25) is 5.02 Å². The number of benzene rings is 3. The van der Waals surface area contributed by atoms with Crippen LogP contribution < -0.4 is 4.74 Å². The Balaban J connectivity index is 1.14. The Labute approximate surface area is 207 Å². The van der Waals surface area contributed by atoms with E-state index in [-0.39, 0.29) is 11.7 Å². The maximum atomic E-state index is 13.3. The van der Waals surface area contributed by atoms with Gasteiger partial charge in [-0.25, -0.2) is 4.39 Å². The highest BCUT2D eigenvalue weighted by molar-refractivity contribution is 7.12. The third-order valence-electron chi connectivity index (χ3n) is 6.06. The first-order valence-corrected chi connectivity index (χ1v) is 12.5. The van der Waals surface area contributed by atoms with Gasteiger partial charge in [0.2, 0.25) is 0 Å². The number of fused-ring (bicyclic) bond motifs is 1. The second-order valence-electron chi connectivity index (χ2n) is 8.42. The minimum absolute atomic E-state index is 0.0569. The average molecular weight is 495 g/mol. The first-order chi connectivity index (χ1) is 16.5. The quantitative estimate of drug-likeness (QED) is 0.318. The van der Waals surface area contributed by atoms with Gasteiger partial charge < -0.3 is 9.64 Å². The Kier molecular flexibility index (Phi) is 6.81. The summed E-state index contributed by atoms with van der Waals surface area (Å²) in [7, 11) is 0. The molecule has 0 N–H and O–H groups in total. The van der Waals surface area contributed by atoms with Crippen LogP contribution in [0.25, 0.3) is 10.8 Å². The molecule has 0 saturated carbocycles. The Morgan fingerprint density at radius 3 is 2.56 bits per heavy atom. The van der Waals surface area contributed by atoms with E-state index >= 15 is 0 Å². The van der Waals surface area contributed by atoms with Crippen molar-refractivity contribution in [2.45, 2.75) is 13.2 Å². The lowest BCUT2D eigenvalue weighted by atomic mass is 10.1. The molecule has 1 aliphatic heterocycles. The SMILES string of the molecule is O=C(c1cc(COc2ccc3ccccc3c2)cs1)N1CCN(Cc2ccc(F)cc2Cl)CC1. The number of hydrogen-bond donors (Lipinski definition) is 0. The predicted octanol–water partition coefficient (Wildman–Crippen LogP) is 6.23. The van der Waals surface area contributed by atoms with E-state index in [0.717, 1.165) is 40.2 Å². The van der Waals surface area contributed by atoms with Gasteiger partial charge in [0, 0.05) is 43.3 Å². The standard InChI is InChI=1S/C27H24ClFN2O2S/c28-25-15-23(29)7-5-22(25)16-30-9-11-31(12-10-30)27(32)26-13-19(18-34-26)17-33-24-8-6-20-3-1-2-4-21(20)14-24/h1-8,13-15,18H,9-12,16-17H2. The molecular formula is C27H24ClFN2O2S. The minimum atomic E-state index is -0.331. The summed E-state index contributed by atoms with van der Waals surface area (Å²) in [5.41, 5.74) is 1.89. The second kappa shape index (κ2) is 10.1. The molecule has 1 aliphatic rings. The highest BCUT2D eigenvalue weighted by Gasteiger charge is 2.23. The Hall–Kier alpha value is -2.93. The molecular weight excluding hydrogens is 471 g/mol. The van der Waals surface area contributed by atoms with Gasteiger partial charge in [-0.3, -0.25) is 9.69 Å². The summed E-state index contributed by atoms with van der Waals surface area (Å²) in [4.78, 5) is 17.9. The van der Waals surface area contributed by atoms with Crippen LogP contribution in [-0.2, 0) is 13.2 Å². The van der Waals surface area contributed by atoms with Crippen LogP contribution in [0.3, 0.4) is 0 Å². The van der Waals surface area contributed by atoms with E-state index in [0.29, 0.717) is 31.3 Å². The summed E-state index contributed by atoms with van der Waals surface area (Å²) in [6.07, 6.45) is 0. The predicted molar refractivity (Wildman–Crippen MR) is 135 cm³/mol. The van der Waals surface area contributed by atoms with Gasteiger partial charge in [0.05, 0.1) is 4.88 Å². The van der Waals surface area contributed by atoms with Crippen LogP contribution in [-0.4, -0.2) is 41.9 Å². The number of piperazine rings is 1. The number of halogens is 2. The summed E-state index contributed by atoms with van der Waals surface area (Å²) in [6, 6.07) is 20.7. The molecule has 1 aromatic heterocycles. The summed E-state index contributed by atoms with van der Waals surface area (Å²) >= 11 is 7.62. The van der Waals surface area contributed by atoms with Gasteiger partial charge in [-0.15, -0.1) is 11.3 Å². The smallest absolute Gasteiger partial charge is 0.264 e.